The lowest BCUT2D eigenvalue weighted by molar-refractivity contribution is -0.123. The smallest absolute Gasteiger partial charge is 0.258 e. The predicted octanol–water partition coefficient (Wildman–Crippen LogP) is 5.46. The van der Waals surface area contributed by atoms with Crippen LogP contribution in [0.4, 0.5) is 0 Å². The van der Waals surface area contributed by atoms with Crippen LogP contribution in [0.1, 0.15) is 81.2 Å². The van der Waals surface area contributed by atoms with E-state index >= 15 is 0 Å². The topological polar surface area (TPSA) is 78.8 Å². The molecule has 0 fully saturated rings. The van der Waals surface area contributed by atoms with E-state index < -0.39 is 5.60 Å². The molecule has 1 amide bonds. The molecule has 0 radical (unpaired) electrons. The largest absolute Gasteiger partial charge is 0.484 e. The predicted molar refractivity (Wildman–Crippen MR) is 144 cm³/mol. The van der Waals surface area contributed by atoms with Crippen LogP contribution in [0.25, 0.3) is 6.08 Å². The number of amides is 1. The number of rotatable bonds is 13. The summed E-state index contributed by atoms with van der Waals surface area (Å²) in [4.78, 5) is 11.8. The fourth-order valence-corrected chi connectivity index (χ4v) is 4.62. The van der Waals surface area contributed by atoms with Gasteiger partial charge in [-0.2, -0.15) is 0 Å². The van der Waals surface area contributed by atoms with Gasteiger partial charge in [-0.1, -0.05) is 70.2 Å². The van der Waals surface area contributed by atoms with E-state index in [0.29, 0.717) is 18.6 Å². The van der Waals surface area contributed by atoms with Gasteiger partial charge in [0, 0.05) is 12.0 Å². The molecule has 5 heteroatoms. The molecule has 0 aromatic heterocycles. The van der Waals surface area contributed by atoms with Crippen LogP contribution in [-0.2, 0) is 10.2 Å². The average Bonchev–Trinajstić information content (AvgIpc) is 2.87. The molecule has 2 aromatic rings. The molecule has 0 atom stereocenters. The Morgan fingerprint density at radius 2 is 1.54 bits per heavy atom. The number of aliphatic hydroxyl groups excluding tert-OH is 1. The lowest BCUT2D eigenvalue weighted by Gasteiger charge is -2.34. The number of hydrogen-bond acceptors (Lipinski definition) is 4. The molecule has 0 aliphatic carbocycles. The summed E-state index contributed by atoms with van der Waals surface area (Å²) >= 11 is 0. The Morgan fingerprint density at radius 3 is 2.06 bits per heavy atom. The summed E-state index contributed by atoms with van der Waals surface area (Å²) in [6.45, 7) is 12.6. The maximum Gasteiger partial charge on any atom is 0.258 e. The standard InChI is InChI=1S/C30H43NO4/c1-7-29(34,8-2)16-15-24-11-12-25(19-22(24)5)30(9-3,10-4)26-13-14-27(23(6)20-26)35-21-28(33)31-17-18-32/h11-16,19-20,32,34H,7-10,17-18,21H2,1-6H3,(H,31,33). The van der Waals surface area contributed by atoms with Crippen LogP contribution in [0.2, 0.25) is 0 Å². The molecular weight excluding hydrogens is 438 g/mol. The molecule has 5 nitrogen and oxygen atoms in total. The molecule has 0 bridgehead atoms. The first-order chi connectivity index (χ1) is 16.7. The van der Waals surface area contributed by atoms with Crippen molar-refractivity contribution >= 4 is 12.0 Å². The van der Waals surface area contributed by atoms with Crippen molar-refractivity contribution in [3.05, 3.63) is 70.3 Å². The van der Waals surface area contributed by atoms with E-state index in [9.17, 15) is 9.90 Å². The van der Waals surface area contributed by atoms with Gasteiger partial charge in [0.25, 0.3) is 5.91 Å². The summed E-state index contributed by atoms with van der Waals surface area (Å²) in [6, 6.07) is 12.9. The Kier molecular flexibility index (Phi) is 10.5. The first-order valence-electron chi connectivity index (χ1n) is 12.8. The third kappa shape index (κ3) is 6.96. The number of carbonyl (C=O) groups is 1. The normalized spacial score (nSPS) is 12.2. The molecule has 35 heavy (non-hydrogen) atoms. The van der Waals surface area contributed by atoms with Crippen LogP contribution in [0.15, 0.2) is 42.5 Å². The zero-order valence-electron chi connectivity index (χ0n) is 22.3. The van der Waals surface area contributed by atoms with Gasteiger partial charge in [-0.05, 0) is 73.4 Å². The first-order valence-corrected chi connectivity index (χ1v) is 12.8. The highest BCUT2D eigenvalue weighted by molar-refractivity contribution is 5.77. The number of aryl methyl sites for hydroxylation is 2. The molecule has 0 heterocycles. The number of hydrogen-bond donors (Lipinski definition) is 3. The van der Waals surface area contributed by atoms with Gasteiger partial charge in [0.05, 0.1) is 12.2 Å². The van der Waals surface area contributed by atoms with Gasteiger partial charge in [-0.3, -0.25) is 4.79 Å². The molecule has 0 aliphatic heterocycles. The minimum absolute atomic E-state index is 0.0771. The molecular formula is C30H43NO4. The van der Waals surface area contributed by atoms with Crippen LogP contribution in [0.3, 0.4) is 0 Å². The molecule has 2 rings (SSSR count). The number of aliphatic hydroxyl groups is 2. The summed E-state index contributed by atoms with van der Waals surface area (Å²) in [7, 11) is 0. The molecule has 2 aromatic carbocycles. The molecule has 192 valence electrons. The third-order valence-corrected chi connectivity index (χ3v) is 7.35. The summed E-state index contributed by atoms with van der Waals surface area (Å²) in [5.41, 5.74) is 4.89. The fourth-order valence-electron chi connectivity index (χ4n) is 4.62. The molecule has 0 spiro atoms. The number of nitrogens with one attached hydrogen (secondary N) is 1. The van der Waals surface area contributed by atoms with E-state index in [4.69, 9.17) is 9.84 Å². The van der Waals surface area contributed by atoms with Crippen LogP contribution >= 0.6 is 0 Å². The van der Waals surface area contributed by atoms with E-state index in [0.717, 1.165) is 24.0 Å². The number of benzene rings is 2. The summed E-state index contributed by atoms with van der Waals surface area (Å²) in [6.07, 6.45) is 7.25. The van der Waals surface area contributed by atoms with Gasteiger partial charge in [-0.15, -0.1) is 0 Å². The minimum Gasteiger partial charge on any atom is -0.484 e. The second-order valence-electron chi connectivity index (χ2n) is 9.35. The fraction of sp³-hybridized carbons (Fsp3) is 0.500. The van der Waals surface area contributed by atoms with Crippen LogP contribution < -0.4 is 10.1 Å². The lowest BCUT2D eigenvalue weighted by Crippen LogP contribution is -2.31. The highest BCUT2D eigenvalue weighted by Gasteiger charge is 2.31. The SMILES string of the molecule is CCC(O)(C=Cc1ccc(C(CC)(CC)c2ccc(OCC(=O)NCCO)c(C)c2)cc1C)CC. The van der Waals surface area contributed by atoms with E-state index in [2.05, 4.69) is 56.4 Å². The summed E-state index contributed by atoms with van der Waals surface area (Å²) in [5.74, 6) is 0.435. The quantitative estimate of drug-likeness (QED) is 0.355. The molecule has 3 N–H and O–H groups in total. The van der Waals surface area contributed by atoms with Crippen molar-refractivity contribution in [2.45, 2.75) is 78.2 Å². The zero-order valence-corrected chi connectivity index (χ0v) is 22.3. The monoisotopic (exact) mass is 481 g/mol. The second kappa shape index (κ2) is 12.9. The van der Waals surface area contributed by atoms with Gasteiger partial charge in [0.1, 0.15) is 5.75 Å². The molecule has 0 saturated carbocycles. The van der Waals surface area contributed by atoms with Gasteiger partial charge >= 0.3 is 0 Å². The van der Waals surface area contributed by atoms with Crippen molar-refractivity contribution in [2.75, 3.05) is 19.8 Å². The van der Waals surface area contributed by atoms with Crippen molar-refractivity contribution in [1.82, 2.24) is 5.32 Å². The van der Waals surface area contributed by atoms with Crippen LogP contribution in [0, 0.1) is 13.8 Å². The van der Waals surface area contributed by atoms with E-state index in [1.54, 1.807) is 0 Å². The van der Waals surface area contributed by atoms with Gasteiger partial charge in [0.2, 0.25) is 0 Å². The Bertz CT molecular complexity index is 1000. The van der Waals surface area contributed by atoms with Gasteiger partial charge in [-0.25, -0.2) is 0 Å². The van der Waals surface area contributed by atoms with Gasteiger partial charge < -0.3 is 20.3 Å². The minimum atomic E-state index is -0.761. The number of ether oxygens (including phenoxy) is 1. The van der Waals surface area contributed by atoms with Crippen molar-refractivity contribution in [3.63, 3.8) is 0 Å². The summed E-state index contributed by atoms with van der Waals surface area (Å²) < 4.78 is 5.72. The highest BCUT2D eigenvalue weighted by atomic mass is 16.5. The molecule has 0 aliphatic rings. The highest BCUT2D eigenvalue weighted by Crippen LogP contribution is 2.41. The van der Waals surface area contributed by atoms with Crippen molar-refractivity contribution < 1.29 is 19.7 Å². The lowest BCUT2D eigenvalue weighted by atomic mass is 9.70. The first kappa shape index (κ1) is 28.6. The van der Waals surface area contributed by atoms with E-state index in [-0.39, 0.29) is 31.1 Å². The Morgan fingerprint density at radius 1 is 0.943 bits per heavy atom. The van der Waals surface area contributed by atoms with Crippen molar-refractivity contribution in [1.29, 1.82) is 0 Å². The third-order valence-electron chi connectivity index (χ3n) is 7.35. The Labute approximate surface area is 211 Å². The number of carbonyl (C=O) groups excluding carboxylic acids is 1. The van der Waals surface area contributed by atoms with Crippen molar-refractivity contribution in [3.8, 4) is 5.75 Å². The van der Waals surface area contributed by atoms with Crippen molar-refractivity contribution in [2.24, 2.45) is 0 Å². The second-order valence-corrected chi connectivity index (χ2v) is 9.35. The Balaban J connectivity index is 2.33. The molecule has 0 saturated heterocycles. The molecule has 0 unspecified atom stereocenters. The van der Waals surface area contributed by atoms with Gasteiger partial charge in [0.15, 0.2) is 6.61 Å². The summed E-state index contributed by atoms with van der Waals surface area (Å²) in [5, 5.41) is 22.0. The average molecular weight is 482 g/mol. The Hall–Kier alpha value is -2.63. The van der Waals surface area contributed by atoms with E-state index in [1.165, 1.54) is 16.7 Å². The van der Waals surface area contributed by atoms with Crippen LogP contribution in [0.5, 0.6) is 5.75 Å². The maximum absolute atomic E-state index is 11.8. The van der Waals surface area contributed by atoms with Crippen LogP contribution in [-0.4, -0.2) is 41.5 Å². The van der Waals surface area contributed by atoms with E-state index in [1.807, 2.05) is 39.0 Å². The zero-order chi connectivity index (χ0) is 26.1. The maximum atomic E-state index is 11.8.